The van der Waals surface area contributed by atoms with E-state index >= 15 is 0 Å². The second-order valence-electron chi connectivity index (χ2n) is 4.73. The minimum absolute atomic E-state index is 0.289. The Morgan fingerprint density at radius 1 is 1.17 bits per heavy atom. The lowest BCUT2D eigenvalue weighted by Crippen LogP contribution is -1.98. The predicted octanol–water partition coefficient (Wildman–Crippen LogP) is 2.25. The summed E-state index contributed by atoms with van der Waals surface area (Å²) in [5, 5.41) is 11.9. The molecule has 1 aliphatic rings. The van der Waals surface area contributed by atoms with Gasteiger partial charge in [-0.2, -0.15) is 0 Å². The number of aromatic nitrogens is 4. The molecule has 4 heterocycles. The molecule has 0 aliphatic carbocycles. The van der Waals surface area contributed by atoms with E-state index in [-0.39, 0.29) is 6.29 Å². The Hall–Kier alpha value is -2.36. The SMILES string of the molecule is c1cc(-c2nnc(NCc3ncc(C4OCCO4)s3)o2)ccn1. The highest BCUT2D eigenvalue weighted by Crippen LogP contribution is 2.28. The van der Waals surface area contributed by atoms with Gasteiger partial charge in [0.1, 0.15) is 5.01 Å². The second-order valence-corrected chi connectivity index (χ2v) is 5.88. The topological polar surface area (TPSA) is 95.2 Å². The van der Waals surface area contributed by atoms with E-state index in [2.05, 4.69) is 25.5 Å². The Morgan fingerprint density at radius 3 is 2.83 bits per heavy atom. The monoisotopic (exact) mass is 331 g/mol. The highest BCUT2D eigenvalue weighted by molar-refractivity contribution is 7.11. The van der Waals surface area contributed by atoms with Gasteiger partial charge in [-0.15, -0.1) is 16.4 Å². The molecule has 0 aromatic carbocycles. The highest BCUT2D eigenvalue weighted by Gasteiger charge is 2.20. The molecule has 1 fully saturated rings. The molecule has 118 valence electrons. The molecule has 0 bridgehead atoms. The van der Waals surface area contributed by atoms with E-state index in [1.54, 1.807) is 18.6 Å². The summed E-state index contributed by atoms with van der Waals surface area (Å²) in [7, 11) is 0. The quantitative estimate of drug-likeness (QED) is 0.760. The van der Waals surface area contributed by atoms with E-state index in [0.717, 1.165) is 15.4 Å². The first kappa shape index (κ1) is 14.2. The Balaban J connectivity index is 1.39. The van der Waals surface area contributed by atoms with Gasteiger partial charge < -0.3 is 19.2 Å². The fraction of sp³-hybridized carbons (Fsp3) is 0.286. The summed E-state index contributed by atoms with van der Waals surface area (Å²) in [5.41, 5.74) is 0.826. The average molecular weight is 331 g/mol. The number of rotatable bonds is 5. The number of nitrogens with one attached hydrogen (secondary N) is 1. The van der Waals surface area contributed by atoms with Gasteiger partial charge in [-0.25, -0.2) is 4.98 Å². The molecular formula is C14H13N5O3S. The third kappa shape index (κ3) is 3.21. The maximum atomic E-state index is 5.56. The van der Waals surface area contributed by atoms with Gasteiger partial charge in [0.15, 0.2) is 6.29 Å². The van der Waals surface area contributed by atoms with Crippen LogP contribution < -0.4 is 5.32 Å². The summed E-state index contributed by atoms with van der Waals surface area (Å²) in [6, 6.07) is 3.97. The van der Waals surface area contributed by atoms with Gasteiger partial charge in [-0.05, 0) is 12.1 Å². The van der Waals surface area contributed by atoms with Crippen LogP contribution in [0.2, 0.25) is 0 Å². The average Bonchev–Trinajstić information content (AvgIpc) is 3.33. The zero-order valence-corrected chi connectivity index (χ0v) is 12.8. The van der Waals surface area contributed by atoms with Crippen molar-refractivity contribution in [1.82, 2.24) is 20.2 Å². The normalized spacial score (nSPS) is 15.1. The van der Waals surface area contributed by atoms with Crippen molar-refractivity contribution in [2.75, 3.05) is 18.5 Å². The molecule has 23 heavy (non-hydrogen) atoms. The minimum atomic E-state index is -0.289. The number of ether oxygens (including phenoxy) is 2. The van der Waals surface area contributed by atoms with Gasteiger partial charge >= 0.3 is 6.01 Å². The molecule has 0 atom stereocenters. The summed E-state index contributed by atoms with van der Waals surface area (Å²) in [6.07, 6.45) is 4.84. The van der Waals surface area contributed by atoms with Crippen molar-refractivity contribution < 1.29 is 13.9 Å². The van der Waals surface area contributed by atoms with Crippen molar-refractivity contribution in [1.29, 1.82) is 0 Å². The van der Waals surface area contributed by atoms with Crippen LogP contribution in [0.5, 0.6) is 0 Å². The van der Waals surface area contributed by atoms with Crippen molar-refractivity contribution in [2.24, 2.45) is 0 Å². The molecule has 8 nitrogen and oxygen atoms in total. The van der Waals surface area contributed by atoms with Crippen molar-refractivity contribution in [3.05, 3.63) is 40.6 Å². The number of hydrogen-bond donors (Lipinski definition) is 1. The van der Waals surface area contributed by atoms with Crippen molar-refractivity contribution in [2.45, 2.75) is 12.8 Å². The van der Waals surface area contributed by atoms with E-state index in [9.17, 15) is 0 Å². The Kier molecular flexibility index (Phi) is 3.97. The largest absolute Gasteiger partial charge is 0.403 e. The number of anilines is 1. The molecule has 4 rings (SSSR count). The van der Waals surface area contributed by atoms with Crippen LogP contribution >= 0.6 is 11.3 Å². The molecule has 3 aromatic heterocycles. The number of hydrogen-bond acceptors (Lipinski definition) is 9. The Bertz CT molecular complexity index is 770. The second kappa shape index (κ2) is 6.41. The zero-order valence-electron chi connectivity index (χ0n) is 12.0. The zero-order chi connectivity index (χ0) is 15.5. The van der Waals surface area contributed by atoms with E-state index in [4.69, 9.17) is 13.9 Å². The summed E-state index contributed by atoms with van der Waals surface area (Å²) < 4.78 is 16.5. The molecule has 3 aromatic rings. The maximum absolute atomic E-state index is 5.56. The van der Waals surface area contributed by atoms with Crippen LogP contribution in [0.15, 0.2) is 35.1 Å². The van der Waals surface area contributed by atoms with Crippen LogP contribution in [0.1, 0.15) is 16.2 Å². The molecule has 0 unspecified atom stereocenters. The number of thiazole rings is 1. The molecule has 0 radical (unpaired) electrons. The summed E-state index contributed by atoms with van der Waals surface area (Å²) in [6.45, 7) is 1.74. The smallest absolute Gasteiger partial charge is 0.316 e. The third-order valence-electron chi connectivity index (χ3n) is 3.17. The first-order chi connectivity index (χ1) is 11.4. The first-order valence-electron chi connectivity index (χ1n) is 7.04. The van der Waals surface area contributed by atoms with E-state index in [1.165, 1.54) is 11.3 Å². The van der Waals surface area contributed by atoms with Crippen LogP contribution in [-0.4, -0.2) is 33.4 Å². The van der Waals surface area contributed by atoms with Gasteiger partial charge in [0, 0.05) is 24.2 Å². The van der Waals surface area contributed by atoms with Crippen LogP contribution in [0.25, 0.3) is 11.5 Å². The summed E-state index contributed by atoms with van der Waals surface area (Å²) >= 11 is 1.53. The van der Waals surface area contributed by atoms with E-state index in [1.807, 2.05) is 12.1 Å². The molecule has 0 spiro atoms. The van der Waals surface area contributed by atoms with Crippen molar-refractivity contribution in [3.8, 4) is 11.5 Å². The molecule has 0 amide bonds. The Morgan fingerprint density at radius 2 is 2.00 bits per heavy atom. The van der Waals surface area contributed by atoms with Crippen molar-refractivity contribution >= 4 is 17.4 Å². The molecular weight excluding hydrogens is 318 g/mol. The Labute approximate surface area is 135 Å². The number of nitrogens with zero attached hydrogens (tertiary/aromatic N) is 4. The van der Waals surface area contributed by atoms with Gasteiger partial charge in [-0.1, -0.05) is 5.10 Å². The van der Waals surface area contributed by atoms with Gasteiger partial charge in [0.25, 0.3) is 0 Å². The molecule has 0 saturated carbocycles. The lowest BCUT2D eigenvalue weighted by Gasteiger charge is -2.03. The summed E-state index contributed by atoms with van der Waals surface area (Å²) in [4.78, 5) is 9.25. The van der Waals surface area contributed by atoms with Crippen LogP contribution in [0.3, 0.4) is 0 Å². The van der Waals surface area contributed by atoms with E-state index in [0.29, 0.717) is 31.7 Å². The highest BCUT2D eigenvalue weighted by atomic mass is 32.1. The minimum Gasteiger partial charge on any atom is -0.403 e. The summed E-state index contributed by atoms with van der Waals surface area (Å²) in [5.74, 6) is 0.447. The van der Waals surface area contributed by atoms with Crippen LogP contribution in [-0.2, 0) is 16.0 Å². The molecule has 1 saturated heterocycles. The lowest BCUT2D eigenvalue weighted by atomic mass is 10.3. The third-order valence-corrected chi connectivity index (χ3v) is 4.19. The van der Waals surface area contributed by atoms with Crippen molar-refractivity contribution in [3.63, 3.8) is 0 Å². The van der Waals surface area contributed by atoms with Gasteiger partial charge in [0.05, 0.1) is 24.6 Å². The van der Waals surface area contributed by atoms with Crippen LogP contribution in [0, 0.1) is 0 Å². The van der Waals surface area contributed by atoms with Gasteiger partial charge in [-0.3, -0.25) is 4.98 Å². The maximum Gasteiger partial charge on any atom is 0.316 e. The predicted molar refractivity (Wildman–Crippen MR) is 81.6 cm³/mol. The van der Waals surface area contributed by atoms with E-state index < -0.39 is 0 Å². The molecule has 1 N–H and O–H groups in total. The fourth-order valence-electron chi connectivity index (χ4n) is 2.09. The standard InChI is InChI=1S/C14H13N5O3S/c1-3-15-4-2-9(1)12-18-19-14(22-12)17-8-11-16-7-10(23-11)13-20-5-6-21-13/h1-4,7,13H,5-6,8H2,(H,17,19). The lowest BCUT2D eigenvalue weighted by molar-refractivity contribution is -0.0414. The fourth-order valence-corrected chi connectivity index (χ4v) is 2.95. The number of pyridine rings is 1. The van der Waals surface area contributed by atoms with Gasteiger partial charge in [0.2, 0.25) is 5.89 Å². The first-order valence-corrected chi connectivity index (χ1v) is 7.86. The van der Waals surface area contributed by atoms with Crippen LogP contribution in [0.4, 0.5) is 6.01 Å². The molecule has 9 heteroatoms. The molecule has 1 aliphatic heterocycles.